The Morgan fingerprint density at radius 3 is 1.33 bits per heavy atom. The van der Waals surface area contributed by atoms with E-state index in [2.05, 4.69) is 86.3 Å². The number of ether oxygens (including phenoxy) is 2. The highest BCUT2D eigenvalue weighted by molar-refractivity contribution is 5.70. The molecule has 4 nitrogen and oxygen atoms in total. The van der Waals surface area contributed by atoms with Crippen LogP contribution in [0.4, 0.5) is 0 Å². The van der Waals surface area contributed by atoms with Crippen LogP contribution in [-0.2, 0) is 22.7 Å². The van der Waals surface area contributed by atoms with Gasteiger partial charge in [-0.05, 0) is 62.3 Å². The minimum Gasteiger partial charge on any atom is -0.361 e. The minimum atomic E-state index is 0.617. The quantitative estimate of drug-likeness (QED) is 0.129. The maximum atomic E-state index is 6.12. The van der Waals surface area contributed by atoms with Crippen LogP contribution in [0.15, 0.2) is 48.5 Å². The molecule has 4 heteroatoms. The van der Waals surface area contributed by atoms with Gasteiger partial charge in [-0.15, -0.1) is 0 Å². The number of nitrogens with zero attached hydrogens (tertiary/aromatic N) is 2. The fourth-order valence-corrected chi connectivity index (χ4v) is 4.54. The molecular formula is C32H52N2O2. The summed E-state index contributed by atoms with van der Waals surface area (Å²) < 4.78 is 12.2. The monoisotopic (exact) mass is 496 g/mol. The second kappa shape index (κ2) is 19.4. The van der Waals surface area contributed by atoms with Gasteiger partial charge in [0.25, 0.3) is 0 Å². The van der Waals surface area contributed by atoms with Gasteiger partial charge in [-0.2, -0.15) is 0 Å². The van der Waals surface area contributed by atoms with Crippen molar-refractivity contribution in [2.75, 3.05) is 40.6 Å². The first-order valence-corrected chi connectivity index (χ1v) is 14.3. The summed E-state index contributed by atoms with van der Waals surface area (Å²) in [6, 6.07) is 17.2. The summed E-state index contributed by atoms with van der Waals surface area (Å²) in [6.45, 7) is 9.28. The average molecular weight is 497 g/mol. The molecule has 2 rings (SSSR count). The van der Waals surface area contributed by atoms with Crippen LogP contribution in [0.2, 0.25) is 0 Å². The first kappa shape index (κ1) is 30.5. The predicted octanol–water partition coefficient (Wildman–Crippen LogP) is 8.11. The SMILES string of the molecule is CCCCCCCN(C)COCc1ccccc1-c1ccccc1COCN(C)CCCCCCC. The zero-order valence-electron chi connectivity index (χ0n) is 23.6. The van der Waals surface area contributed by atoms with Gasteiger partial charge >= 0.3 is 0 Å². The molecule has 2 aromatic carbocycles. The fourth-order valence-electron chi connectivity index (χ4n) is 4.54. The van der Waals surface area contributed by atoms with Gasteiger partial charge in [-0.25, -0.2) is 0 Å². The lowest BCUT2D eigenvalue weighted by molar-refractivity contribution is 0.0312. The topological polar surface area (TPSA) is 24.9 Å². The fraction of sp³-hybridized carbons (Fsp3) is 0.625. The van der Waals surface area contributed by atoms with Crippen molar-refractivity contribution in [3.8, 4) is 11.1 Å². The van der Waals surface area contributed by atoms with Gasteiger partial charge < -0.3 is 9.47 Å². The van der Waals surface area contributed by atoms with Gasteiger partial charge in [0.15, 0.2) is 0 Å². The molecule has 0 fully saturated rings. The molecule has 202 valence electrons. The van der Waals surface area contributed by atoms with E-state index in [4.69, 9.17) is 9.47 Å². The van der Waals surface area contributed by atoms with Gasteiger partial charge in [-0.1, -0.05) is 114 Å². The third kappa shape index (κ3) is 12.5. The highest BCUT2D eigenvalue weighted by atomic mass is 16.5. The Morgan fingerprint density at radius 1 is 0.528 bits per heavy atom. The van der Waals surface area contributed by atoms with E-state index in [0.717, 1.165) is 13.1 Å². The molecule has 0 saturated heterocycles. The third-order valence-corrected chi connectivity index (χ3v) is 6.75. The van der Waals surface area contributed by atoms with Gasteiger partial charge in [0.1, 0.15) is 0 Å². The van der Waals surface area contributed by atoms with E-state index in [0.29, 0.717) is 26.7 Å². The van der Waals surface area contributed by atoms with E-state index in [1.54, 1.807) is 0 Å². The molecule has 0 radical (unpaired) electrons. The van der Waals surface area contributed by atoms with E-state index >= 15 is 0 Å². The summed E-state index contributed by atoms with van der Waals surface area (Å²) in [6.07, 6.45) is 13.1. The third-order valence-electron chi connectivity index (χ3n) is 6.75. The second-order valence-corrected chi connectivity index (χ2v) is 10.3. The first-order valence-electron chi connectivity index (χ1n) is 14.3. The smallest absolute Gasteiger partial charge is 0.0992 e. The zero-order valence-corrected chi connectivity index (χ0v) is 23.6. The van der Waals surface area contributed by atoms with Crippen molar-refractivity contribution in [2.24, 2.45) is 0 Å². The highest BCUT2D eigenvalue weighted by Crippen LogP contribution is 2.28. The number of hydrogen-bond acceptors (Lipinski definition) is 4. The van der Waals surface area contributed by atoms with E-state index in [-0.39, 0.29) is 0 Å². The van der Waals surface area contributed by atoms with Crippen molar-refractivity contribution >= 4 is 0 Å². The Morgan fingerprint density at radius 2 is 0.917 bits per heavy atom. The standard InChI is InChI=1S/C32H52N2O2/c1-5-7-9-11-17-23-33(3)27-35-25-29-19-13-15-21-31(29)32-22-16-14-20-30(32)26-36-28-34(4)24-18-12-10-8-6-2/h13-16,19-22H,5-12,17-18,23-28H2,1-4H3. The van der Waals surface area contributed by atoms with Gasteiger partial charge in [0, 0.05) is 0 Å². The van der Waals surface area contributed by atoms with Gasteiger partial charge in [0.05, 0.1) is 26.7 Å². The van der Waals surface area contributed by atoms with Crippen molar-refractivity contribution in [3.63, 3.8) is 0 Å². The highest BCUT2D eigenvalue weighted by Gasteiger charge is 2.10. The van der Waals surface area contributed by atoms with Crippen molar-refractivity contribution in [2.45, 2.75) is 91.3 Å². The summed E-state index contributed by atoms with van der Waals surface area (Å²) in [4.78, 5) is 4.58. The number of hydrogen-bond donors (Lipinski definition) is 0. The van der Waals surface area contributed by atoms with Crippen molar-refractivity contribution < 1.29 is 9.47 Å². The molecule has 0 aliphatic heterocycles. The molecule has 36 heavy (non-hydrogen) atoms. The Kier molecular flexibility index (Phi) is 16.4. The van der Waals surface area contributed by atoms with Crippen LogP contribution >= 0.6 is 0 Å². The van der Waals surface area contributed by atoms with E-state index in [1.165, 1.54) is 86.5 Å². The van der Waals surface area contributed by atoms with E-state index in [9.17, 15) is 0 Å². The molecule has 0 spiro atoms. The first-order chi connectivity index (χ1) is 17.7. The number of benzene rings is 2. The molecule has 0 N–H and O–H groups in total. The van der Waals surface area contributed by atoms with Crippen LogP contribution in [0.25, 0.3) is 11.1 Å². The summed E-state index contributed by atoms with van der Waals surface area (Å²) in [7, 11) is 4.31. The normalized spacial score (nSPS) is 11.6. The maximum absolute atomic E-state index is 6.12. The van der Waals surface area contributed by atoms with Crippen LogP contribution in [-0.4, -0.2) is 50.4 Å². The molecule has 2 aromatic rings. The molecule has 0 aliphatic carbocycles. The van der Waals surface area contributed by atoms with Crippen molar-refractivity contribution in [1.29, 1.82) is 0 Å². The van der Waals surface area contributed by atoms with Crippen molar-refractivity contribution in [3.05, 3.63) is 59.7 Å². The summed E-state index contributed by atoms with van der Waals surface area (Å²) >= 11 is 0. The molecular weight excluding hydrogens is 444 g/mol. The maximum Gasteiger partial charge on any atom is 0.0992 e. The molecule has 0 amide bonds. The lowest BCUT2D eigenvalue weighted by Gasteiger charge is -2.19. The Labute approximate surface area is 222 Å². The van der Waals surface area contributed by atoms with Gasteiger partial charge in [0.2, 0.25) is 0 Å². The average Bonchev–Trinajstić information content (AvgIpc) is 2.89. The van der Waals surface area contributed by atoms with Crippen LogP contribution in [0.1, 0.15) is 89.2 Å². The summed E-state index contributed by atoms with van der Waals surface area (Å²) in [5, 5.41) is 0. The molecule has 0 saturated carbocycles. The van der Waals surface area contributed by atoms with Crippen LogP contribution in [0.3, 0.4) is 0 Å². The van der Waals surface area contributed by atoms with E-state index in [1.807, 2.05) is 0 Å². The molecule has 0 heterocycles. The predicted molar refractivity (Wildman–Crippen MR) is 154 cm³/mol. The summed E-state index contributed by atoms with van der Waals surface area (Å²) in [5.74, 6) is 0. The second-order valence-electron chi connectivity index (χ2n) is 10.3. The molecule has 0 unspecified atom stereocenters. The lowest BCUT2D eigenvalue weighted by atomic mass is 9.96. The number of rotatable bonds is 21. The van der Waals surface area contributed by atoms with E-state index < -0.39 is 0 Å². The Hall–Kier alpha value is -1.72. The van der Waals surface area contributed by atoms with Crippen LogP contribution < -0.4 is 0 Å². The minimum absolute atomic E-state index is 0.617. The lowest BCUT2D eigenvalue weighted by Crippen LogP contribution is -2.23. The molecule has 0 bridgehead atoms. The van der Waals surface area contributed by atoms with Crippen LogP contribution in [0, 0.1) is 0 Å². The summed E-state index contributed by atoms with van der Waals surface area (Å²) in [5.41, 5.74) is 4.93. The largest absolute Gasteiger partial charge is 0.361 e. The van der Waals surface area contributed by atoms with Crippen LogP contribution in [0.5, 0.6) is 0 Å². The molecule has 0 aromatic heterocycles. The van der Waals surface area contributed by atoms with Crippen molar-refractivity contribution in [1.82, 2.24) is 9.80 Å². The Balaban J connectivity index is 1.84. The Bertz CT molecular complexity index is 743. The number of unbranched alkanes of at least 4 members (excludes halogenated alkanes) is 8. The molecule has 0 atom stereocenters. The molecule has 0 aliphatic rings. The zero-order chi connectivity index (χ0) is 25.8. The van der Waals surface area contributed by atoms with Gasteiger partial charge in [-0.3, -0.25) is 9.80 Å².